The van der Waals surface area contributed by atoms with E-state index in [0.717, 1.165) is 22.7 Å². The third kappa shape index (κ3) is 4.67. The minimum Gasteiger partial charge on any atom is -0.508 e. The zero-order chi connectivity index (χ0) is 27.2. The van der Waals surface area contributed by atoms with Crippen molar-refractivity contribution in [1.82, 2.24) is 14.8 Å². The molecule has 9 nitrogen and oxygen atoms in total. The number of amides is 2. The summed E-state index contributed by atoms with van der Waals surface area (Å²) in [7, 11) is 0. The lowest BCUT2D eigenvalue weighted by molar-refractivity contribution is -0.149. The van der Waals surface area contributed by atoms with Crippen LogP contribution in [0, 0.1) is 16.7 Å². The SMILES string of the molecule is CC(=O)N1CCN(C(=O)C[C@@H]2c3nc(Nc4cccc(O)c4)sc3C[C@@H]3[C@](C)(CO)[C@H](O)CC[C@]32C)CC1. The molecule has 1 saturated carbocycles. The smallest absolute Gasteiger partial charge is 0.223 e. The number of thiazole rings is 1. The molecule has 2 aromatic rings. The molecular formula is C28H38N4O5S. The van der Waals surface area contributed by atoms with Crippen LogP contribution in [0.1, 0.15) is 56.5 Å². The van der Waals surface area contributed by atoms with Gasteiger partial charge in [0.15, 0.2) is 5.13 Å². The fourth-order valence-electron chi connectivity index (χ4n) is 6.98. The van der Waals surface area contributed by atoms with Crippen LogP contribution in [-0.2, 0) is 16.0 Å². The van der Waals surface area contributed by atoms with Crippen LogP contribution in [0.3, 0.4) is 0 Å². The Morgan fingerprint density at radius 1 is 1.18 bits per heavy atom. The van der Waals surface area contributed by atoms with Gasteiger partial charge in [-0.3, -0.25) is 9.59 Å². The average molecular weight is 543 g/mol. The van der Waals surface area contributed by atoms with Gasteiger partial charge in [-0.15, -0.1) is 11.3 Å². The lowest BCUT2D eigenvalue weighted by Crippen LogP contribution is -2.58. The van der Waals surface area contributed by atoms with E-state index >= 15 is 0 Å². The summed E-state index contributed by atoms with van der Waals surface area (Å²) < 4.78 is 0. The van der Waals surface area contributed by atoms with Crippen molar-refractivity contribution in [2.24, 2.45) is 16.7 Å². The number of phenolic OH excluding ortho intramolecular Hbond substituents is 1. The molecule has 10 heteroatoms. The highest BCUT2D eigenvalue weighted by Crippen LogP contribution is 2.63. The van der Waals surface area contributed by atoms with Gasteiger partial charge in [0.1, 0.15) is 5.75 Å². The number of fused-ring (bicyclic) bond motifs is 2. The summed E-state index contributed by atoms with van der Waals surface area (Å²) in [5.74, 6) is 0.0681. The van der Waals surface area contributed by atoms with Crippen LogP contribution >= 0.6 is 11.3 Å². The van der Waals surface area contributed by atoms with Crippen LogP contribution in [0.15, 0.2) is 24.3 Å². The van der Waals surface area contributed by atoms with Crippen molar-refractivity contribution >= 4 is 34.0 Å². The van der Waals surface area contributed by atoms with Gasteiger partial charge in [0.05, 0.1) is 18.4 Å². The van der Waals surface area contributed by atoms with Crippen LogP contribution in [0.5, 0.6) is 5.75 Å². The van der Waals surface area contributed by atoms with Crippen molar-refractivity contribution in [3.8, 4) is 5.75 Å². The van der Waals surface area contributed by atoms with E-state index in [1.807, 2.05) is 17.9 Å². The average Bonchev–Trinajstić information content (AvgIpc) is 3.29. The van der Waals surface area contributed by atoms with Gasteiger partial charge in [0.2, 0.25) is 11.8 Å². The molecule has 38 heavy (non-hydrogen) atoms. The molecule has 4 N–H and O–H groups in total. The number of rotatable bonds is 5. The second-order valence-corrected chi connectivity index (χ2v) is 12.7. The Hall–Kier alpha value is -2.69. The highest BCUT2D eigenvalue weighted by Gasteiger charge is 2.59. The highest BCUT2D eigenvalue weighted by atomic mass is 32.1. The number of hydrogen-bond acceptors (Lipinski definition) is 8. The predicted octanol–water partition coefficient (Wildman–Crippen LogP) is 3.09. The monoisotopic (exact) mass is 542 g/mol. The third-order valence-corrected chi connectivity index (χ3v) is 10.5. The van der Waals surface area contributed by atoms with Crippen LogP contribution in [0.25, 0.3) is 0 Å². The summed E-state index contributed by atoms with van der Waals surface area (Å²) in [6.07, 6.45) is 1.69. The molecule has 1 saturated heterocycles. The van der Waals surface area contributed by atoms with Crippen molar-refractivity contribution in [3.05, 3.63) is 34.8 Å². The van der Waals surface area contributed by atoms with Crippen LogP contribution in [0.4, 0.5) is 10.8 Å². The Labute approximate surface area is 227 Å². The molecule has 2 heterocycles. The van der Waals surface area contributed by atoms with Crippen LogP contribution in [0.2, 0.25) is 0 Å². The molecule has 2 aliphatic carbocycles. The van der Waals surface area contributed by atoms with Crippen molar-refractivity contribution in [2.45, 2.75) is 58.5 Å². The zero-order valence-corrected chi connectivity index (χ0v) is 23.1. The van der Waals surface area contributed by atoms with Crippen LogP contribution < -0.4 is 5.32 Å². The topological polar surface area (TPSA) is 126 Å². The van der Waals surface area contributed by atoms with E-state index in [1.165, 1.54) is 11.3 Å². The number of aliphatic hydroxyl groups is 2. The number of piperazine rings is 1. The van der Waals surface area contributed by atoms with E-state index in [-0.39, 0.29) is 41.4 Å². The summed E-state index contributed by atoms with van der Waals surface area (Å²) in [4.78, 5) is 35.1. The standard InChI is InChI=1S/C28H38N4O5S/c1-17(34)31-9-11-32(12-10-31)24(37)14-20-25-21(38-26(30-25)29-18-5-4-6-19(35)13-18)15-22-27(20,2)8-7-23(36)28(22,3)16-33/h4-6,13,20,22-23,33,35-36H,7-12,14-16H2,1-3H3,(H,29,30)/t20-,22+,23-,27+,28+/m1/s1. The van der Waals surface area contributed by atoms with Crippen molar-refractivity contribution < 1.29 is 24.9 Å². The largest absolute Gasteiger partial charge is 0.508 e. The molecule has 0 unspecified atom stereocenters. The first-order valence-corrected chi connectivity index (χ1v) is 14.2. The number of carbonyl (C=O) groups excluding carboxylic acids is 2. The number of phenols is 1. The number of aromatic nitrogens is 1. The number of anilines is 2. The van der Waals surface area contributed by atoms with Crippen molar-refractivity contribution in [3.63, 3.8) is 0 Å². The van der Waals surface area contributed by atoms with Crippen molar-refractivity contribution in [1.29, 1.82) is 0 Å². The maximum absolute atomic E-state index is 13.7. The Kier molecular flexibility index (Phi) is 7.17. The number of aliphatic hydroxyl groups excluding tert-OH is 2. The van der Waals surface area contributed by atoms with Crippen LogP contribution in [-0.4, -0.2) is 80.8 Å². The second kappa shape index (κ2) is 10.1. The number of benzene rings is 1. The second-order valence-electron chi connectivity index (χ2n) is 11.6. The summed E-state index contributed by atoms with van der Waals surface area (Å²) >= 11 is 1.54. The first-order chi connectivity index (χ1) is 18.0. The molecule has 5 rings (SSSR count). The van der Waals surface area contributed by atoms with Gasteiger partial charge in [-0.2, -0.15) is 0 Å². The molecular weight excluding hydrogens is 504 g/mol. The van der Waals surface area contributed by atoms with E-state index in [9.17, 15) is 24.9 Å². The minimum absolute atomic E-state index is 0.0160. The quantitative estimate of drug-likeness (QED) is 0.457. The fraction of sp³-hybridized carbons (Fsp3) is 0.607. The van der Waals surface area contributed by atoms with E-state index in [2.05, 4.69) is 12.2 Å². The van der Waals surface area contributed by atoms with Gasteiger partial charge < -0.3 is 30.4 Å². The molecule has 0 bridgehead atoms. The van der Waals surface area contributed by atoms with E-state index in [1.54, 1.807) is 30.0 Å². The predicted molar refractivity (Wildman–Crippen MR) is 145 cm³/mol. The van der Waals surface area contributed by atoms with Gasteiger partial charge in [0, 0.05) is 67.5 Å². The summed E-state index contributed by atoms with van der Waals surface area (Å²) in [5.41, 5.74) is 0.647. The normalized spacial score (nSPS) is 30.9. The van der Waals surface area contributed by atoms with E-state index < -0.39 is 11.5 Å². The fourth-order valence-corrected chi connectivity index (χ4v) is 8.07. The molecule has 1 aromatic carbocycles. The van der Waals surface area contributed by atoms with Gasteiger partial charge in [-0.1, -0.05) is 19.9 Å². The third-order valence-electron chi connectivity index (χ3n) is 9.45. The Morgan fingerprint density at radius 2 is 1.89 bits per heavy atom. The molecule has 1 aromatic heterocycles. The first-order valence-electron chi connectivity index (χ1n) is 13.4. The Morgan fingerprint density at radius 3 is 2.55 bits per heavy atom. The van der Waals surface area contributed by atoms with Gasteiger partial charge in [0.25, 0.3) is 0 Å². The lowest BCUT2D eigenvalue weighted by Gasteiger charge is -2.58. The Balaban J connectivity index is 1.47. The van der Waals surface area contributed by atoms with Gasteiger partial charge in [-0.05, 0) is 42.7 Å². The Bertz CT molecular complexity index is 1210. The van der Waals surface area contributed by atoms with Gasteiger partial charge in [-0.25, -0.2) is 4.98 Å². The number of hydrogen-bond donors (Lipinski definition) is 4. The number of nitrogens with one attached hydrogen (secondary N) is 1. The molecule has 0 radical (unpaired) electrons. The first kappa shape index (κ1) is 26.9. The van der Waals surface area contributed by atoms with E-state index in [4.69, 9.17) is 4.98 Å². The maximum Gasteiger partial charge on any atom is 0.223 e. The molecule has 0 spiro atoms. The number of carbonyl (C=O) groups is 2. The zero-order valence-electron chi connectivity index (χ0n) is 22.3. The maximum atomic E-state index is 13.7. The molecule has 5 atom stereocenters. The molecule has 2 fully saturated rings. The van der Waals surface area contributed by atoms with Crippen molar-refractivity contribution in [2.75, 3.05) is 38.1 Å². The van der Waals surface area contributed by atoms with E-state index in [0.29, 0.717) is 50.6 Å². The minimum atomic E-state index is -0.679. The summed E-state index contributed by atoms with van der Waals surface area (Å²) in [6.45, 7) is 7.73. The summed E-state index contributed by atoms with van der Waals surface area (Å²) in [5, 5.41) is 35.3. The molecule has 206 valence electrons. The molecule has 2 amide bonds. The molecule has 1 aliphatic heterocycles. The number of nitrogens with zero attached hydrogens (tertiary/aromatic N) is 3. The molecule has 3 aliphatic rings. The highest BCUT2D eigenvalue weighted by molar-refractivity contribution is 7.15. The lowest BCUT2D eigenvalue weighted by atomic mass is 9.47. The number of aromatic hydroxyl groups is 1. The summed E-state index contributed by atoms with van der Waals surface area (Å²) in [6, 6.07) is 6.88. The van der Waals surface area contributed by atoms with Gasteiger partial charge >= 0.3 is 0 Å².